The fraction of sp³-hybridized carbons (Fsp3) is 0.350. The van der Waals surface area contributed by atoms with Gasteiger partial charge in [0.15, 0.2) is 5.78 Å². The number of Topliss-reactive ketones (excluding diaryl/α,β-unsaturated/α-hetero) is 1. The molecule has 0 bridgehead atoms. The molecule has 1 atom stereocenters. The smallest absolute Gasteiger partial charge is 0.243 e. The van der Waals surface area contributed by atoms with E-state index < -0.39 is 10.0 Å². The molecule has 9 nitrogen and oxygen atoms in total. The van der Waals surface area contributed by atoms with E-state index >= 15 is 0 Å². The van der Waals surface area contributed by atoms with Gasteiger partial charge in [0, 0.05) is 37.5 Å². The summed E-state index contributed by atoms with van der Waals surface area (Å²) in [4.78, 5) is 24.3. The van der Waals surface area contributed by atoms with Crippen LogP contribution in [0, 0.1) is 5.92 Å². The van der Waals surface area contributed by atoms with Gasteiger partial charge in [0.2, 0.25) is 21.7 Å². The van der Waals surface area contributed by atoms with Crippen molar-refractivity contribution in [2.24, 2.45) is 5.92 Å². The van der Waals surface area contributed by atoms with Gasteiger partial charge < -0.3 is 4.52 Å². The van der Waals surface area contributed by atoms with Gasteiger partial charge in [-0.3, -0.25) is 9.78 Å². The van der Waals surface area contributed by atoms with Crippen LogP contribution < -0.4 is 0 Å². The Morgan fingerprint density at radius 1 is 1.30 bits per heavy atom. The van der Waals surface area contributed by atoms with Gasteiger partial charge in [-0.25, -0.2) is 13.4 Å². The van der Waals surface area contributed by atoms with Crippen molar-refractivity contribution in [1.29, 1.82) is 0 Å². The normalized spacial score (nSPS) is 17.7. The average molecular weight is 427 g/mol. The lowest BCUT2D eigenvalue weighted by molar-refractivity contribution is 0.101. The minimum atomic E-state index is -3.68. The van der Waals surface area contributed by atoms with Crippen molar-refractivity contribution in [3.05, 3.63) is 54.3 Å². The predicted molar refractivity (Wildman–Crippen MR) is 107 cm³/mol. The van der Waals surface area contributed by atoms with Crippen LogP contribution in [0.1, 0.15) is 36.0 Å². The van der Waals surface area contributed by atoms with Gasteiger partial charge in [-0.1, -0.05) is 17.3 Å². The summed E-state index contributed by atoms with van der Waals surface area (Å²) in [6.45, 7) is 2.22. The molecule has 0 aliphatic carbocycles. The summed E-state index contributed by atoms with van der Waals surface area (Å²) in [5.41, 5.74) is 0.901. The Kier molecular flexibility index (Phi) is 5.69. The van der Waals surface area contributed by atoms with Crippen LogP contribution >= 0.6 is 0 Å². The highest BCUT2D eigenvalue weighted by Crippen LogP contribution is 2.26. The van der Waals surface area contributed by atoms with Crippen molar-refractivity contribution in [2.45, 2.75) is 31.1 Å². The number of piperidine rings is 1. The molecule has 0 saturated carbocycles. The number of rotatable bonds is 6. The summed E-state index contributed by atoms with van der Waals surface area (Å²) in [6, 6.07) is 6.17. The second kappa shape index (κ2) is 8.41. The van der Waals surface area contributed by atoms with E-state index in [2.05, 4.69) is 20.1 Å². The number of carbonyl (C=O) groups excluding carboxylic acids is 1. The summed E-state index contributed by atoms with van der Waals surface area (Å²) in [5, 5.41) is 3.94. The number of carbonyl (C=O) groups is 1. The molecule has 3 aromatic rings. The lowest BCUT2D eigenvalue weighted by atomic mass is 9.96. The van der Waals surface area contributed by atoms with Crippen molar-refractivity contribution < 1.29 is 17.7 Å². The summed E-state index contributed by atoms with van der Waals surface area (Å²) in [7, 11) is -3.68. The predicted octanol–water partition coefficient (Wildman–Crippen LogP) is 2.37. The molecule has 30 heavy (non-hydrogen) atoms. The molecule has 0 radical (unpaired) electrons. The van der Waals surface area contributed by atoms with Crippen molar-refractivity contribution >= 4 is 15.8 Å². The van der Waals surface area contributed by atoms with Gasteiger partial charge in [-0.05, 0) is 37.8 Å². The van der Waals surface area contributed by atoms with Crippen molar-refractivity contribution in [3.8, 4) is 11.5 Å². The van der Waals surface area contributed by atoms with E-state index in [0.717, 1.165) is 12.8 Å². The maximum atomic E-state index is 13.1. The molecule has 0 amide bonds. The Labute approximate surface area is 174 Å². The Hall–Kier alpha value is -2.98. The first kappa shape index (κ1) is 20.3. The Morgan fingerprint density at radius 3 is 2.93 bits per heavy atom. The first-order valence-corrected chi connectivity index (χ1v) is 11.1. The molecule has 1 aliphatic rings. The highest BCUT2D eigenvalue weighted by Gasteiger charge is 2.31. The van der Waals surface area contributed by atoms with Gasteiger partial charge in [-0.15, -0.1) is 0 Å². The van der Waals surface area contributed by atoms with E-state index in [4.69, 9.17) is 4.52 Å². The molecule has 1 unspecified atom stereocenters. The van der Waals surface area contributed by atoms with Gasteiger partial charge in [0.05, 0.1) is 11.1 Å². The number of benzene rings is 1. The summed E-state index contributed by atoms with van der Waals surface area (Å²) >= 11 is 0. The molecule has 1 fully saturated rings. The topological polar surface area (TPSA) is 119 Å². The van der Waals surface area contributed by atoms with E-state index in [9.17, 15) is 13.2 Å². The second-order valence-corrected chi connectivity index (χ2v) is 9.20. The zero-order valence-corrected chi connectivity index (χ0v) is 17.2. The first-order valence-electron chi connectivity index (χ1n) is 9.63. The third kappa shape index (κ3) is 4.29. The fourth-order valence-electron chi connectivity index (χ4n) is 3.54. The Balaban J connectivity index is 1.48. The highest BCUT2D eigenvalue weighted by atomic mass is 32.2. The number of hydrogen-bond donors (Lipinski definition) is 0. The zero-order valence-electron chi connectivity index (χ0n) is 16.4. The highest BCUT2D eigenvalue weighted by molar-refractivity contribution is 7.89. The molecule has 2 aromatic heterocycles. The third-order valence-corrected chi connectivity index (χ3v) is 6.94. The molecule has 1 aliphatic heterocycles. The first-order chi connectivity index (χ1) is 14.4. The quantitative estimate of drug-likeness (QED) is 0.550. The number of sulfonamides is 1. The lowest BCUT2D eigenvalue weighted by Crippen LogP contribution is -2.40. The standard InChI is InChI=1S/C20H21N5O4S/c1-14(26)16-5-2-6-17(11-16)30(27,28)25-9-3-4-15(13-25)10-19-23-20(24-29-19)18-12-21-7-8-22-18/h2,5-8,11-12,15H,3-4,9-10,13H2,1H3. The van der Waals surface area contributed by atoms with Gasteiger partial charge >= 0.3 is 0 Å². The Morgan fingerprint density at radius 2 is 2.17 bits per heavy atom. The second-order valence-electron chi connectivity index (χ2n) is 7.26. The zero-order chi connectivity index (χ0) is 21.1. The summed E-state index contributed by atoms with van der Waals surface area (Å²) in [5.74, 6) is 0.691. The van der Waals surface area contributed by atoms with Crippen LogP contribution in [0.15, 0.2) is 52.3 Å². The van der Waals surface area contributed by atoms with Crippen LogP contribution in [0.2, 0.25) is 0 Å². The minimum Gasteiger partial charge on any atom is -0.339 e. The molecule has 0 spiro atoms. The van der Waals surface area contributed by atoms with Crippen molar-refractivity contribution in [3.63, 3.8) is 0 Å². The van der Waals surface area contributed by atoms with E-state index in [-0.39, 0.29) is 16.6 Å². The van der Waals surface area contributed by atoms with Crippen LogP contribution in [0.3, 0.4) is 0 Å². The van der Waals surface area contributed by atoms with E-state index in [1.54, 1.807) is 30.7 Å². The van der Waals surface area contributed by atoms with Gasteiger partial charge in [-0.2, -0.15) is 9.29 Å². The maximum absolute atomic E-state index is 13.1. The largest absolute Gasteiger partial charge is 0.339 e. The SMILES string of the molecule is CC(=O)c1cccc(S(=O)(=O)N2CCCC(Cc3nc(-c4cnccn4)no3)C2)c1. The molecule has 1 saturated heterocycles. The van der Waals surface area contributed by atoms with Crippen molar-refractivity contribution in [2.75, 3.05) is 13.1 Å². The lowest BCUT2D eigenvalue weighted by Gasteiger charge is -2.31. The fourth-order valence-corrected chi connectivity index (χ4v) is 5.14. The molecule has 4 rings (SSSR count). The molecule has 3 heterocycles. The molecule has 10 heteroatoms. The van der Waals surface area contributed by atoms with E-state index in [1.807, 2.05) is 0 Å². The van der Waals surface area contributed by atoms with E-state index in [1.165, 1.54) is 23.4 Å². The average Bonchev–Trinajstić information content (AvgIpc) is 3.23. The van der Waals surface area contributed by atoms with Crippen LogP contribution in [0.25, 0.3) is 11.5 Å². The minimum absolute atomic E-state index is 0.0553. The Bertz CT molecular complexity index is 1150. The van der Waals surface area contributed by atoms with Crippen LogP contribution in [-0.4, -0.2) is 51.7 Å². The van der Waals surface area contributed by atoms with Crippen molar-refractivity contribution in [1.82, 2.24) is 24.4 Å². The van der Waals surface area contributed by atoms with Crippen LogP contribution in [0.4, 0.5) is 0 Å². The van der Waals surface area contributed by atoms with E-state index in [0.29, 0.717) is 42.5 Å². The number of ketones is 1. The summed E-state index contributed by atoms with van der Waals surface area (Å²) < 4.78 is 33.0. The molecule has 0 N–H and O–H groups in total. The third-order valence-electron chi connectivity index (χ3n) is 5.08. The molecule has 156 valence electrons. The molecular weight excluding hydrogens is 406 g/mol. The molecule has 1 aromatic carbocycles. The number of hydrogen-bond acceptors (Lipinski definition) is 8. The van der Waals surface area contributed by atoms with Crippen LogP contribution in [0.5, 0.6) is 0 Å². The molecular formula is C20H21N5O4S. The number of nitrogens with zero attached hydrogens (tertiary/aromatic N) is 5. The summed E-state index contributed by atoms with van der Waals surface area (Å²) in [6.07, 6.45) is 6.75. The van der Waals surface area contributed by atoms with Crippen LogP contribution in [-0.2, 0) is 16.4 Å². The number of aromatic nitrogens is 4. The monoisotopic (exact) mass is 427 g/mol. The maximum Gasteiger partial charge on any atom is 0.243 e. The van der Waals surface area contributed by atoms with Gasteiger partial charge in [0.1, 0.15) is 5.69 Å². The van der Waals surface area contributed by atoms with Gasteiger partial charge in [0.25, 0.3) is 0 Å².